The van der Waals surface area contributed by atoms with Gasteiger partial charge in [0.05, 0.1) is 13.2 Å². The Kier molecular flexibility index (Phi) is 6.52. The first-order valence-electron chi connectivity index (χ1n) is 8.86. The number of anilines is 2. The van der Waals surface area contributed by atoms with Crippen molar-refractivity contribution in [3.8, 4) is 0 Å². The van der Waals surface area contributed by atoms with Crippen molar-refractivity contribution in [1.82, 2.24) is 19.9 Å². The van der Waals surface area contributed by atoms with Crippen LogP contribution in [0.3, 0.4) is 0 Å². The lowest BCUT2D eigenvalue weighted by atomic mass is 10.0. The average molecular weight is 350 g/mol. The first-order chi connectivity index (χ1) is 11.8. The number of nitrogens with zero attached hydrogens (tertiary/aromatic N) is 5. The normalized spacial score (nSPS) is 16.2. The van der Waals surface area contributed by atoms with Crippen LogP contribution in [0.2, 0.25) is 0 Å². The number of ether oxygens (including phenoxy) is 1. The van der Waals surface area contributed by atoms with Crippen LogP contribution < -0.4 is 10.2 Å². The molecule has 140 valence electrons. The van der Waals surface area contributed by atoms with Crippen molar-refractivity contribution in [2.75, 3.05) is 50.6 Å². The summed E-state index contributed by atoms with van der Waals surface area (Å²) < 4.78 is 5.34. The van der Waals surface area contributed by atoms with Crippen molar-refractivity contribution in [2.24, 2.45) is 5.92 Å². The minimum absolute atomic E-state index is 0.0659. The summed E-state index contributed by atoms with van der Waals surface area (Å²) in [4.78, 5) is 30.0. The highest BCUT2D eigenvalue weighted by Gasteiger charge is 2.29. The smallest absolute Gasteiger partial charge is 0.245 e. The number of hydrogen-bond donors (Lipinski definition) is 1. The van der Waals surface area contributed by atoms with Crippen LogP contribution in [-0.4, -0.2) is 72.2 Å². The van der Waals surface area contributed by atoms with Gasteiger partial charge in [0.15, 0.2) is 0 Å². The summed E-state index contributed by atoms with van der Waals surface area (Å²) in [7, 11) is 3.78. The molecule has 1 aromatic rings. The van der Waals surface area contributed by atoms with Gasteiger partial charge in [-0.25, -0.2) is 0 Å². The molecule has 1 aliphatic rings. The maximum atomic E-state index is 12.9. The molecule has 1 unspecified atom stereocenters. The Morgan fingerprint density at radius 3 is 2.28 bits per heavy atom. The van der Waals surface area contributed by atoms with Crippen LogP contribution in [-0.2, 0) is 9.53 Å². The zero-order valence-electron chi connectivity index (χ0n) is 16.1. The minimum Gasteiger partial charge on any atom is -0.378 e. The van der Waals surface area contributed by atoms with E-state index in [9.17, 15) is 4.79 Å². The maximum absolute atomic E-state index is 12.9. The van der Waals surface area contributed by atoms with Gasteiger partial charge in [-0.05, 0) is 5.92 Å². The molecule has 0 radical (unpaired) electrons. The molecule has 1 saturated heterocycles. The number of carbonyl (C=O) groups excluding carboxylic acids is 1. The predicted octanol–water partition coefficient (Wildman–Crippen LogP) is 1.36. The molecule has 2 heterocycles. The summed E-state index contributed by atoms with van der Waals surface area (Å²) >= 11 is 0. The monoisotopic (exact) mass is 350 g/mol. The van der Waals surface area contributed by atoms with Crippen molar-refractivity contribution >= 4 is 17.8 Å². The number of aromatic nitrogens is 3. The summed E-state index contributed by atoms with van der Waals surface area (Å²) in [6.45, 7) is 10.5. The average Bonchev–Trinajstić information content (AvgIpc) is 2.59. The molecule has 0 aliphatic carbocycles. The van der Waals surface area contributed by atoms with Crippen molar-refractivity contribution in [3.05, 3.63) is 5.82 Å². The fraction of sp³-hybridized carbons (Fsp3) is 0.765. The number of morpholine rings is 1. The maximum Gasteiger partial charge on any atom is 0.245 e. The first-order valence-corrected chi connectivity index (χ1v) is 8.86. The Labute approximate surface area is 150 Å². The van der Waals surface area contributed by atoms with Gasteiger partial charge >= 0.3 is 0 Å². The molecular weight excluding hydrogens is 320 g/mol. The standard InChI is InChI=1S/C17H30N6O2/c1-11(2)13(15(24)23-7-9-25-10-8-23)18-16-19-14(12(3)4)20-17(21-16)22(5)6/h11-13H,7-10H2,1-6H3,(H,18,19,20,21). The molecular formula is C17H30N6O2. The predicted molar refractivity (Wildman–Crippen MR) is 97.9 cm³/mol. The lowest BCUT2D eigenvalue weighted by Gasteiger charge is -2.32. The third-order valence-electron chi connectivity index (χ3n) is 4.10. The van der Waals surface area contributed by atoms with Gasteiger partial charge in [0.25, 0.3) is 0 Å². The molecule has 1 atom stereocenters. The zero-order valence-corrected chi connectivity index (χ0v) is 16.1. The van der Waals surface area contributed by atoms with Crippen molar-refractivity contribution in [1.29, 1.82) is 0 Å². The van der Waals surface area contributed by atoms with Gasteiger partial charge in [-0.2, -0.15) is 15.0 Å². The van der Waals surface area contributed by atoms with E-state index in [4.69, 9.17) is 4.74 Å². The van der Waals surface area contributed by atoms with Crippen LogP contribution >= 0.6 is 0 Å². The second-order valence-corrected chi connectivity index (χ2v) is 7.17. The molecule has 1 aliphatic heterocycles. The van der Waals surface area contributed by atoms with E-state index < -0.39 is 0 Å². The highest BCUT2D eigenvalue weighted by Crippen LogP contribution is 2.18. The van der Waals surface area contributed by atoms with E-state index >= 15 is 0 Å². The summed E-state index contributed by atoms with van der Waals surface area (Å²) in [5, 5.41) is 3.25. The third kappa shape index (κ3) is 5.01. The molecule has 8 nitrogen and oxygen atoms in total. The van der Waals surface area contributed by atoms with Gasteiger partial charge < -0.3 is 19.9 Å². The van der Waals surface area contributed by atoms with Crippen LogP contribution in [0.5, 0.6) is 0 Å². The van der Waals surface area contributed by atoms with Crippen LogP contribution in [0.4, 0.5) is 11.9 Å². The zero-order chi connectivity index (χ0) is 18.6. The van der Waals surface area contributed by atoms with Gasteiger partial charge in [0, 0.05) is 33.1 Å². The van der Waals surface area contributed by atoms with Crippen LogP contribution in [0.15, 0.2) is 0 Å². The van der Waals surface area contributed by atoms with Gasteiger partial charge in [0.2, 0.25) is 17.8 Å². The Balaban J connectivity index is 2.24. The number of hydrogen-bond acceptors (Lipinski definition) is 7. The largest absolute Gasteiger partial charge is 0.378 e. The fourth-order valence-corrected chi connectivity index (χ4v) is 2.54. The summed E-state index contributed by atoms with van der Waals surface area (Å²) in [6.07, 6.45) is 0. The molecule has 25 heavy (non-hydrogen) atoms. The highest BCUT2D eigenvalue weighted by molar-refractivity contribution is 5.84. The molecule has 1 aromatic heterocycles. The highest BCUT2D eigenvalue weighted by atomic mass is 16.5. The fourth-order valence-electron chi connectivity index (χ4n) is 2.54. The molecule has 0 saturated carbocycles. The molecule has 0 aromatic carbocycles. The molecule has 1 N–H and O–H groups in total. The van der Waals surface area contributed by atoms with E-state index in [0.29, 0.717) is 44.0 Å². The van der Waals surface area contributed by atoms with Crippen molar-refractivity contribution in [2.45, 2.75) is 39.7 Å². The summed E-state index contributed by atoms with van der Waals surface area (Å²) in [5.74, 6) is 2.09. The van der Waals surface area contributed by atoms with E-state index in [0.717, 1.165) is 0 Å². The lowest BCUT2D eigenvalue weighted by Crippen LogP contribution is -2.50. The number of amides is 1. The second-order valence-electron chi connectivity index (χ2n) is 7.17. The topological polar surface area (TPSA) is 83.5 Å². The van der Waals surface area contributed by atoms with E-state index in [1.165, 1.54) is 0 Å². The second kappa shape index (κ2) is 8.42. The number of nitrogens with one attached hydrogen (secondary N) is 1. The van der Waals surface area contributed by atoms with Crippen molar-refractivity contribution < 1.29 is 9.53 Å². The Morgan fingerprint density at radius 1 is 1.12 bits per heavy atom. The molecule has 1 amide bonds. The molecule has 0 bridgehead atoms. The van der Waals surface area contributed by atoms with Crippen LogP contribution in [0, 0.1) is 5.92 Å². The van der Waals surface area contributed by atoms with Gasteiger partial charge in [-0.3, -0.25) is 4.79 Å². The number of carbonyl (C=O) groups is 1. The first kappa shape index (κ1) is 19.4. The van der Waals surface area contributed by atoms with E-state index in [-0.39, 0.29) is 23.8 Å². The molecule has 1 fully saturated rings. The molecule has 2 rings (SSSR count). The Bertz CT molecular complexity index is 558. The lowest BCUT2D eigenvalue weighted by molar-refractivity contribution is -0.137. The SMILES string of the molecule is CC(C)c1nc(NC(C(=O)N2CCOCC2)C(C)C)nc(N(C)C)n1. The van der Waals surface area contributed by atoms with Gasteiger partial charge in [0.1, 0.15) is 11.9 Å². The Hall–Kier alpha value is -1.96. The van der Waals surface area contributed by atoms with E-state index in [2.05, 4.69) is 20.3 Å². The quantitative estimate of drug-likeness (QED) is 0.829. The minimum atomic E-state index is -0.379. The number of rotatable bonds is 6. The van der Waals surface area contributed by atoms with Gasteiger partial charge in [-0.15, -0.1) is 0 Å². The van der Waals surface area contributed by atoms with Crippen LogP contribution in [0.1, 0.15) is 39.4 Å². The van der Waals surface area contributed by atoms with Gasteiger partial charge in [-0.1, -0.05) is 27.7 Å². The van der Waals surface area contributed by atoms with Crippen LogP contribution in [0.25, 0.3) is 0 Å². The summed E-state index contributed by atoms with van der Waals surface area (Å²) in [5.41, 5.74) is 0. The molecule has 0 spiro atoms. The summed E-state index contributed by atoms with van der Waals surface area (Å²) in [6, 6.07) is -0.379. The molecule has 8 heteroatoms. The Morgan fingerprint density at radius 2 is 1.76 bits per heavy atom. The van der Waals surface area contributed by atoms with E-state index in [1.54, 1.807) is 0 Å². The van der Waals surface area contributed by atoms with Crippen molar-refractivity contribution in [3.63, 3.8) is 0 Å². The third-order valence-corrected chi connectivity index (χ3v) is 4.10. The van der Waals surface area contributed by atoms with E-state index in [1.807, 2.05) is 51.6 Å².